The topological polar surface area (TPSA) is 71.1 Å². The van der Waals surface area contributed by atoms with Crippen LogP contribution in [0.25, 0.3) is 11.0 Å². The molecule has 0 aliphatic rings. The van der Waals surface area contributed by atoms with Gasteiger partial charge in [0.15, 0.2) is 5.16 Å². The summed E-state index contributed by atoms with van der Waals surface area (Å²) in [5.74, 6) is 1.08. The lowest BCUT2D eigenvalue weighted by molar-refractivity contribution is 0.233. The van der Waals surface area contributed by atoms with Crippen LogP contribution in [0.2, 0.25) is 0 Å². The monoisotopic (exact) mass is 440 g/mol. The number of para-hydroxylation sites is 2. The van der Waals surface area contributed by atoms with E-state index >= 15 is 0 Å². The van der Waals surface area contributed by atoms with Gasteiger partial charge in [0.2, 0.25) is 0 Å². The zero-order valence-electron chi connectivity index (χ0n) is 17.0. The number of ether oxygens (including phenoxy) is 1. The van der Waals surface area contributed by atoms with Gasteiger partial charge in [-0.25, -0.2) is 4.98 Å². The Morgan fingerprint density at radius 3 is 2.87 bits per heavy atom. The number of pyridine rings is 1. The van der Waals surface area contributed by atoms with Crippen molar-refractivity contribution in [3.8, 4) is 5.75 Å². The largest absolute Gasteiger partial charge is 0.492 e. The number of likely N-dealkylation sites (N-methyl/N-ethyl adjacent to an activating group) is 1. The third kappa shape index (κ3) is 4.95. The molecule has 4 aromatic rings. The molecule has 8 heteroatoms. The first-order valence-corrected chi connectivity index (χ1v) is 11.9. The van der Waals surface area contributed by atoms with Gasteiger partial charge in [0.25, 0.3) is 0 Å². The van der Waals surface area contributed by atoms with Crippen LogP contribution in [-0.4, -0.2) is 44.3 Å². The summed E-state index contributed by atoms with van der Waals surface area (Å²) in [7, 11) is 0.779. The summed E-state index contributed by atoms with van der Waals surface area (Å²) in [5.41, 5.74) is 3.38. The van der Waals surface area contributed by atoms with Crippen LogP contribution >= 0.6 is 11.3 Å². The van der Waals surface area contributed by atoms with Crippen LogP contribution in [-0.2, 0) is 23.1 Å². The van der Waals surface area contributed by atoms with Crippen LogP contribution in [0.1, 0.15) is 16.1 Å². The van der Waals surface area contributed by atoms with Gasteiger partial charge in [-0.2, -0.15) is 0 Å². The maximum absolute atomic E-state index is 12.8. The van der Waals surface area contributed by atoms with Crippen molar-refractivity contribution >= 4 is 33.2 Å². The minimum atomic E-state index is -1.31. The molecule has 30 heavy (non-hydrogen) atoms. The molecule has 1 unspecified atom stereocenters. The van der Waals surface area contributed by atoms with Gasteiger partial charge in [-0.1, -0.05) is 18.2 Å². The predicted octanol–water partition coefficient (Wildman–Crippen LogP) is 4.15. The molecule has 0 saturated heterocycles. The highest BCUT2D eigenvalue weighted by Crippen LogP contribution is 2.22. The first kappa shape index (κ1) is 20.7. The number of imidazole rings is 1. The van der Waals surface area contributed by atoms with E-state index in [2.05, 4.69) is 44.4 Å². The fourth-order valence-electron chi connectivity index (χ4n) is 3.15. The van der Waals surface area contributed by atoms with Crippen molar-refractivity contribution in [2.24, 2.45) is 0 Å². The maximum Gasteiger partial charge on any atom is 0.197 e. The highest BCUT2D eigenvalue weighted by molar-refractivity contribution is 7.84. The van der Waals surface area contributed by atoms with E-state index in [0.29, 0.717) is 17.5 Å². The van der Waals surface area contributed by atoms with E-state index in [1.165, 1.54) is 4.88 Å². The molecule has 3 heterocycles. The van der Waals surface area contributed by atoms with E-state index in [-0.39, 0.29) is 0 Å². The van der Waals surface area contributed by atoms with Crippen molar-refractivity contribution in [1.82, 2.24) is 19.9 Å². The number of fused-ring (bicyclic) bond motifs is 1. The van der Waals surface area contributed by atoms with Gasteiger partial charge in [0.05, 0.1) is 33.3 Å². The van der Waals surface area contributed by atoms with Crippen LogP contribution < -0.4 is 4.74 Å². The molecule has 4 rings (SSSR count). The molecule has 1 aromatic carbocycles. The smallest absolute Gasteiger partial charge is 0.197 e. The fourth-order valence-corrected chi connectivity index (χ4v) is 5.03. The quantitative estimate of drug-likeness (QED) is 0.423. The Morgan fingerprint density at radius 2 is 2.07 bits per heavy atom. The highest BCUT2D eigenvalue weighted by atomic mass is 32.2. The lowest BCUT2D eigenvalue weighted by Gasteiger charge is -2.17. The number of nitrogens with one attached hydrogen (secondary N) is 1. The molecule has 1 N–H and O–H groups in total. The Balaban J connectivity index is 1.36. The molecule has 0 aliphatic heterocycles. The minimum Gasteiger partial charge on any atom is -0.492 e. The summed E-state index contributed by atoms with van der Waals surface area (Å²) in [6.45, 7) is 4.28. The zero-order valence-corrected chi connectivity index (χ0v) is 18.6. The molecule has 156 valence electrons. The number of aromatic amines is 1. The second kappa shape index (κ2) is 9.51. The molecule has 6 nitrogen and oxygen atoms in total. The minimum absolute atomic E-state index is 0.293. The second-order valence-electron chi connectivity index (χ2n) is 7.10. The van der Waals surface area contributed by atoms with E-state index in [4.69, 9.17) is 4.74 Å². The van der Waals surface area contributed by atoms with Crippen molar-refractivity contribution in [2.75, 3.05) is 20.2 Å². The van der Waals surface area contributed by atoms with Gasteiger partial charge >= 0.3 is 0 Å². The molecule has 0 radical (unpaired) electrons. The van der Waals surface area contributed by atoms with Gasteiger partial charge in [-0.15, -0.1) is 11.3 Å². The number of rotatable bonds is 9. The Hall–Kier alpha value is -2.55. The third-order valence-electron chi connectivity index (χ3n) is 4.85. The zero-order chi connectivity index (χ0) is 20.9. The number of aromatic nitrogens is 3. The second-order valence-corrected chi connectivity index (χ2v) is 9.49. The molecule has 3 aromatic heterocycles. The van der Waals surface area contributed by atoms with Gasteiger partial charge in [-0.3, -0.25) is 14.1 Å². The SMILES string of the molecule is Cc1c(OCCN(C)Cc2cccs2)ccnc1CS(=O)c1nc2ccccc2[nH]1. The number of hydrogen-bond acceptors (Lipinski definition) is 6. The average molecular weight is 441 g/mol. The van der Waals surface area contributed by atoms with Crippen molar-refractivity contribution in [3.05, 3.63) is 70.2 Å². The molecular formula is C22H24N4O2S2. The van der Waals surface area contributed by atoms with Crippen molar-refractivity contribution in [2.45, 2.75) is 24.4 Å². The molecule has 0 aliphatic carbocycles. The standard InChI is InChI=1S/C22H24N4O2S2/c1-16-20(15-30(27)22-24-18-7-3-4-8-19(18)25-22)23-10-9-21(16)28-12-11-26(2)14-17-6-5-13-29-17/h3-10,13H,11-12,14-15H2,1-2H3,(H,24,25). The molecule has 0 bridgehead atoms. The number of nitrogens with zero attached hydrogens (tertiary/aromatic N) is 3. The number of hydrogen-bond donors (Lipinski definition) is 1. The maximum atomic E-state index is 12.8. The van der Waals surface area contributed by atoms with Gasteiger partial charge in [0, 0.05) is 29.7 Å². The molecule has 0 fully saturated rings. The van der Waals surface area contributed by atoms with Crippen LogP contribution in [0, 0.1) is 6.92 Å². The van der Waals surface area contributed by atoms with Crippen LogP contribution in [0.5, 0.6) is 5.75 Å². The van der Waals surface area contributed by atoms with E-state index in [9.17, 15) is 4.21 Å². The number of H-pyrrole nitrogens is 1. The van der Waals surface area contributed by atoms with E-state index in [1.54, 1.807) is 17.5 Å². The molecular weight excluding hydrogens is 416 g/mol. The van der Waals surface area contributed by atoms with E-state index in [0.717, 1.165) is 41.1 Å². The van der Waals surface area contributed by atoms with Crippen molar-refractivity contribution in [1.29, 1.82) is 0 Å². The Kier molecular flexibility index (Phi) is 6.56. The lowest BCUT2D eigenvalue weighted by atomic mass is 10.2. The normalized spacial score (nSPS) is 12.5. The Morgan fingerprint density at radius 1 is 1.20 bits per heavy atom. The summed E-state index contributed by atoms with van der Waals surface area (Å²) in [6, 6.07) is 13.8. The van der Waals surface area contributed by atoms with Gasteiger partial charge < -0.3 is 9.72 Å². The third-order valence-corrected chi connectivity index (χ3v) is 6.87. The van der Waals surface area contributed by atoms with E-state index < -0.39 is 10.8 Å². The fraction of sp³-hybridized carbons (Fsp3) is 0.273. The summed E-state index contributed by atoms with van der Waals surface area (Å²) in [6.07, 6.45) is 1.71. The molecule has 0 amide bonds. The Labute approximate surface area is 182 Å². The lowest BCUT2D eigenvalue weighted by Crippen LogP contribution is -2.23. The van der Waals surface area contributed by atoms with E-state index in [1.807, 2.05) is 37.3 Å². The summed E-state index contributed by atoms with van der Waals surface area (Å²) in [5, 5.41) is 2.57. The predicted molar refractivity (Wildman–Crippen MR) is 121 cm³/mol. The average Bonchev–Trinajstić information content (AvgIpc) is 3.40. The molecule has 0 spiro atoms. The highest BCUT2D eigenvalue weighted by Gasteiger charge is 2.15. The van der Waals surface area contributed by atoms with Crippen LogP contribution in [0.15, 0.2) is 59.2 Å². The van der Waals surface area contributed by atoms with Crippen molar-refractivity contribution in [3.63, 3.8) is 0 Å². The van der Waals surface area contributed by atoms with Crippen LogP contribution in [0.4, 0.5) is 0 Å². The van der Waals surface area contributed by atoms with Crippen molar-refractivity contribution < 1.29 is 8.95 Å². The van der Waals surface area contributed by atoms with Crippen LogP contribution in [0.3, 0.4) is 0 Å². The first-order chi connectivity index (χ1) is 14.6. The Bertz CT molecular complexity index is 1110. The summed E-state index contributed by atoms with van der Waals surface area (Å²) >= 11 is 1.76. The first-order valence-electron chi connectivity index (χ1n) is 9.71. The summed E-state index contributed by atoms with van der Waals surface area (Å²) < 4.78 is 18.8. The number of thiophene rings is 1. The summed E-state index contributed by atoms with van der Waals surface area (Å²) in [4.78, 5) is 15.6. The molecule has 0 saturated carbocycles. The van der Waals surface area contributed by atoms with Gasteiger partial charge in [0.1, 0.15) is 12.4 Å². The molecule has 1 atom stereocenters. The number of benzene rings is 1. The van der Waals surface area contributed by atoms with Gasteiger partial charge in [-0.05, 0) is 43.6 Å².